The third-order valence-corrected chi connectivity index (χ3v) is 3.01. The molecule has 0 fully saturated rings. The number of anilines is 1. The van der Waals surface area contributed by atoms with Gasteiger partial charge in [-0.05, 0) is 6.92 Å². The van der Waals surface area contributed by atoms with Crippen molar-refractivity contribution >= 4 is 17.3 Å². The van der Waals surface area contributed by atoms with Crippen molar-refractivity contribution in [1.29, 1.82) is 0 Å². The van der Waals surface area contributed by atoms with Crippen LogP contribution in [0.4, 0.5) is 5.95 Å². The molecule has 0 aromatic carbocycles. The molecule has 1 N–H and O–H groups in total. The lowest BCUT2D eigenvalue weighted by Gasteiger charge is -2.07. The Bertz CT molecular complexity index is 507. The van der Waals surface area contributed by atoms with Crippen LogP contribution in [0, 0.1) is 6.92 Å². The predicted molar refractivity (Wildman–Crippen MR) is 69.3 cm³/mol. The summed E-state index contributed by atoms with van der Waals surface area (Å²) in [6.07, 6.45) is 0. The lowest BCUT2D eigenvalue weighted by Crippen LogP contribution is -2.05. The molecular weight excluding hydrogens is 252 g/mol. The van der Waals surface area contributed by atoms with E-state index < -0.39 is 0 Å². The predicted octanol–water partition coefficient (Wildman–Crippen LogP) is 1.87. The summed E-state index contributed by atoms with van der Waals surface area (Å²) in [6.45, 7) is 2.54. The Morgan fingerprint density at radius 3 is 2.33 bits per heavy atom. The van der Waals surface area contributed by atoms with Crippen LogP contribution >= 0.6 is 11.3 Å². The Morgan fingerprint density at radius 2 is 1.83 bits per heavy atom. The van der Waals surface area contributed by atoms with Crippen molar-refractivity contribution in [2.45, 2.75) is 13.5 Å². The molecule has 2 aromatic heterocycles. The minimum atomic E-state index is 0.455. The fourth-order valence-electron chi connectivity index (χ4n) is 1.35. The van der Waals surface area contributed by atoms with Gasteiger partial charge in [0.1, 0.15) is 0 Å². The van der Waals surface area contributed by atoms with Crippen molar-refractivity contribution in [1.82, 2.24) is 15.0 Å². The van der Waals surface area contributed by atoms with E-state index >= 15 is 0 Å². The summed E-state index contributed by atoms with van der Waals surface area (Å²) in [4.78, 5) is 12.7. The zero-order valence-corrected chi connectivity index (χ0v) is 11.2. The highest BCUT2D eigenvalue weighted by molar-refractivity contribution is 7.09. The SMILES string of the molecule is COc1cc(OC)nc(NCc2csc(C)n2)n1. The van der Waals surface area contributed by atoms with Gasteiger partial charge in [-0.15, -0.1) is 11.3 Å². The van der Waals surface area contributed by atoms with Gasteiger partial charge in [-0.3, -0.25) is 0 Å². The first-order valence-electron chi connectivity index (χ1n) is 5.33. The minimum Gasteiger partial charge on any atom is -0.481 e. The van der Waals surface area contributed by atoms with Crippen LogP contribution in [0.5, 0.6) is 11.8 Å². The van der Waals surface area contributed by atoms with Crippen LogP contribution in [0.1, 0.15) is 10.7 Å². The number of aromatic nitrogens is 3. The molecule has 0 amide bonds. The van der Waals surface area contributed by atoms with Gasteiger partial charge >= 0.3 is 0 Å². The summed E-state index contributed by atoms with van der Waals surface area (Å²) in [7, 11) is 3.10. The minimum absolute atomic E-state index is 0.455. The smallest absolute Gasteiger partial charge is 0.229 e. The van der Waals surface area contributed by atoms with Crippen molar-refractivity contribution in [3.63, 3.8) is 0 Å². The van der Waals surface area contributed by atoms with Gasteiger partial charge in [0, 0.05) is 5.38 Å². The van der Waals surface area contributed by atoms with Crippen LogP contribution < -0.4 is 14.8 Å². The molecule has 2 aromatic rings. The maximum Gasteiger partial charge on any atom is 0.229 e. The first kappa shape index (κ1) is 12.6. The van der Waals surface area contributed by atoms with E-state index in [4.69, 9.17) is 9.47 Å². The summed E-state index contributed by atoms with van der Waals surface area (Å²) in [5.41, 5.74) is 0.961. The van der Waals surface area contributed by atoms with E-state index in [9.17, 15) is 0 Å². The van der Waals surface area contributed by atoms with Gasteiger partial charge < -0.3 is 14.8 Å². The standard InChI is InChI=1S/C11H14N4O2S/c1-7-13-8(6-18-7)5-12-11-14-9(16-2)4-10(15-11)17-3/h4,6H,5H2,1-3H3,(H,12,14,15). The van der Waals surface area contributed by atoms with Crippen LogP contribution in [-0.2, 0) is 6.54 Å². The van der Waals surface area contributed by atoms with Gasteiger partial charge in [-0.2, -0.15) is 9.97 Å². The average molecular weight is 266 g/mol. The zero-order chi connectivity index (χ0) is 13.0. The van der Waals surface area contributed by atoms with E-state index in [1.807, 2.05) is 12.3 Å². The van der Waals surface area contributed by atoms with Crippen LogP contribution in [0.2, 0.25) is 0 Å². The molecule has 2 heterocycles. The normalized spacial score (nSPS) is 10.2. The summed E-state index contributed by atoms with van der Waals surface area (Å²) in [6, 6.07) is 1.62. The second-order valence-corrected chi connectivity index (χ2v) is 4.55. The number of nitrogens with one attached hydrogen (secondary N) is 1. The molecule has 0 aliphatic carbocycles. The van der Waals surface area contributed by atoms with Gasteiger partial charge in [0.05, 0.1) is 37.5 Å². The molecule has 2 rings (SSSR count). The molecular formula is C11H14N4O2S. The second kappa shape index (κ2) is 5.63. The van der Waals surface area contributed by atoms with Crippen LogP contribution in [0.15, 0.2) is 11.4 Å². The first-order chi connectivity index (χ1) is 8.71. The fraction of sp³-hybridized carbons (Fsp3) is 0.364. The highest BCUT2D eigenvalue weighted by Crippen LogP contribution is 2.18. The van der Waals surface area contributed by atoms with E-state index in [2.05, 4.69) is 20.3 Å². The molecule has 0 spiro atoms. The van der Waals surface area contributed by atoms with E-state index in [1.54, 1.807) is 31.6 Å². The molecule has 7 heteroatoms. The van der Waals surface area contributed by atoms with Crippen molar-refractivity contribution in [3.8, 4) is 11.8 Å². The molecule has 0 atom stereocenters. The monoisotopic (exact) mass is 266 g/mol. The number of ether oxygens (including phenoxy) is 2. The first-order valence-corrected chi connectivity index (χ1v) is 6.21. The lowest BCUT2D eigenvalue weighted by molar-refractivity contribution is 0.373. The Balaban J connectivity index is 2.08. The molecule has 0 saturated heterocycles. The Hall–Kier alpha value is -1.89. The number of thiazole rings is 1. The topological polar surface area (TPSA) is 69.2 Å². The quantitative estimate of drug-likeness (QED) is 0.891. The molecule has 96 valence electrons. The second-order valence-electron chi connectivity index (χ2n) is 3.49. The van der Waals surface area contributed by atoms with Crippen molar-refractivity contribution in [2.75, 3.05) is 19.5 Å². The van der Waals surface area contributed by atoms with Gasteiger partial charge in [0.2, 0.25) is 17.7 Å². The van der Waals surface area contributed by atoms with Crippen LogP contribution in [-0.4, -0.2) is 29.2 Å². The molecule has 0 radical (unpaired) electrons. The average Bonchev–Trinajstić information content (AvgIpc) is 2.81. The molecule has 18 heavy (non-hydrogen) atoms. The molecule has 0 bridgehead atoms. The maximum atomic E-state index is 5.07. The molecule has 0 unspecified atom stereocenters. The number of rotatable bonds is 5. The molecule has 6 nitrogen and oxygen atoms in total. The Morgan fingerprint density at radius 1 is 1.17 bits per heavy atom. The molecule has 0 aliphatic rings. The summed E-state index contributed by atoms with van der Waals surface area (Å²) >= 11 is 1.61. The van der Waals surface area contributed by atoms with E-state index in [-0.39, 0.29) is 0 Å². The largest absolute Gasteiger partial charge is 0.481 e. The Labute approximate surface area is 109 Å². The van der Waals surface area contributed by atoms with Gasteiger partial charge in [0.15, 0.2) is 0 Å². The number of methoxy groups -OCH3 is 2. The third-order valence-electron chi connectivity index (χ3n) is 2.19. The van der Waals surface area contributed by atoms with Crippen LogP contribution in [0.25, 0.3) is 0 Å². The third kappa shape index (κ3) is 3.07. The molecule has 0 saturated carbocycles. The fourth-order valence-corrected chi connectivity index (χ4v) is 1.96. The summed E-state index contributed by atoms with van der Waals surface area (Å²) < 4.78 is 10.1. The van der Waals surface area contributed by atoms with E-state index in [0.29, 0.717) is 24.3 Å². The zero-order valence-electron chi connectivity index (χ0n) is 10.4. The molecule has 0 aliphatic heterocycles. The highest BCUT2D eigenvalue weighted by Gasteiger charge is 2.05. The highest BCUT2D eigenvalue weighted by atomic mass is 32.1. The van der Waals surface area contributed by atoms with Gasteiger partial charge in [0.25, 0.3) is 0 Å². The van der Waals surface area contributed by atoms with E-state index in [0.717, 1.165) is 10.7 Å². The maximum absolute atomic E-state index is 5.07. The van der Waals surface area contributed by atoms with E-state index in [1.165, 1.54) is 0 Å². The van der Waals surface area contributed by atoms with Crippen LogP contribution in [0.3, 0.4) is 0 Å². The lowest BCUT2D eigenvalue weighted by atomic mass is 10.5. The van der Waals surface area contributed by atoms with Crippen molar-refractivity contribution in [2.24, 2.45) is 0 Å². The van der Waals surface area contributed by atoms with Crippen molar-refractivity contribution in [3.05, 3.63) is 22.1 Å². The van der Waals surface area contributed by atoms with Gasteiger partial charge in [-0.25, -0.2) is 4.98 Å². The summed E-state index contributed by atoms with van der Waals surface area (Å²) in [5.74, 6) is 1.37. The number of hydrogen-bond donors (Lipinski definition) is 1. The Kier molecular flexibility index (Phi) is 3.93. The number of aryl methyl sites for hydroxylation is 1. The van der Waals surface area contributed by atoms with Gasteiger partial charge in [-0.1, -0.05) is 0 Å². The summed E-state index contributed by atoms with van der Waals surface area (Å²) in [5, 5.41) is 6.12. The van der Waals surface area contributed by atoms with Crippen molar-refractivity contribution < 1.29 is 9.47 Å². The number of nitrogens with zero attached hydrogens (tertiary/aromatic N) is 3. The number of hydrogen-bond acceptors (Lipinski definition) is 7.